The van der Waals surface area contributed by atoms with Crippen LogP contribution in [0.2, 0.25) is 0 Å². The van der Waals surface area contributed by atoms with E-state index in [1.807, 2.05) is 42.5 Å². The van der Waals surface area contributed by atoms with Crippen molar-refractivity contribution in [2.45, 2.75) is 19.3 Å². The molecule has 3 aromatic rings. The summed E-state index contributed by atoms with van der Waals surface area (Å²) in [4.78, 5) is 23.2. The molecule has 0 aliphatic carbocycles. The first-order chi connectivity index (χ1) is 14.3. The standard InChI is InChI=1S/C23H25N5O/c29-22(24-13-12-18-6-2-1-3-7-18)19-16-25-23(26-17-19)27-20-8-10-21(11-9-20)28-14-4-5-15-28/h1-3,6-11,16-17H,4-5,12-15H2,(H,24,29)(H,25,26,27). The zero-order chi connectivity index (χ0) is 19.9. The summed E-state index contributed by atoms with van der Waals surface area (Å²) in [5.41, 5.74) is 3.82. The maximum absolute atomic E-state index is 12.3. The fourth-order valence-corrected chi connectivity index (χ4v) is 3.44. The Balaban J connectivity index is 1.28. The molecule has 1 amide bonds. The number of rotatable bonds is 7. The molecule has 0 spiro atoms. The van der Waals surface area contributed by atoms with Gasteiger partial charge in [-0.3, -0.25) is 4.79 Å². The molecule has 1 aliphatic heterocycles. The van der Waals surface area contributed by atoms with Gasteiger partial charge in [0.05, 0.1) is 5.56 Å². The largest absolute Gasteiger partial charge is 0.372 e. The number of carbonyl (C=O) groups is 1. The number of benzene rings is 2. The van der Waals surface area contributed by atoms with Crippen LogP contribution in [0.15, 0.2) is 67.0 Å². The summed E-state index contributed by atoms with van der Waals surface area (Å²) >= 11 is 0. The molecule has 1 saturated heterocycles. The Hall–Kier alpha value is -3.41. The molecular weight excluding hydrogens is 362 g/mol. The van der Waals surface area contributed by atoms with E-state index in [-0.39, 0.29) is 5.91 Å². The van der Waals surface area contributed by atoms with Crippen molar-refractivity contribution >= 4 is 23.2 Å². The van der Waals surface area contributed by atoms with Crippen molar-refractivity contribution < 1.29 is 4.79 Å². The van der Waals surface area contributed by atoms with Crippen LogP contribution in [-0.2, 0) is 6.42 Å². The van der Waals surface area contributed by atoms with E-state index in [9.17, 15) is 4.79 Å². The Morgan fingerprint density at radius 2 is 1.62 bits per heavy atom. The highest BCUT2D eigenvalue weighted by molar-refractivity contribution is 5.93. The first-order valence-corrected chi connectivity index (χ1v) is 10.0. The van der Waals surface area contributed by atoms with Gasteiger partial charge in [-0.1, -0.05) is 30.3 Å². The SMILES string of the molecule is O=C(NCCc1ccccc1)c1cnc(Nc2ccc(N3CCCC3)cc2)nc1. The molecule has 0 bridgehead atoms. The Morgan fingerprint density at radius 3 is 2.31 bits per heavy atom. The van der Waals surface area contributed by atoms with Crippen LogP contribution in [0.3, 0.4) is 0 Å². The van der Waals surface area contributed by atoms with Gasteiger partial charge in [0.25, 0.3) is 5.91 Å². The second kappa shape index (κ2) is 9.19. The molecule has 6 heteroatoms. The lowest BCUT2D eigenvalue weighted by molar-refractivity contribution is 0.0953. The van der Waals surface area contributed by atoms with Gasteiger partial charge in [-0.25, -0.2) is 9.97 Å². The number of nitrogens with one attached hydrogen (secondary N) is 2. The van der Waals surface area contributed by atoms with Crippen molar-refractivity contribution in [3.8, 4) is 0 Å². The molecule has 1 fully saturated rings. The molecular formula is C23H25N5O. The number of aromatic nitrogens is 2. The molecule has 2 aromatic carbocycles. The van der Waals surface area contributed by atoms with Crippen LogP contribution in [-0.4, -0.2) is 35.5 Å². The van der Waals surface area contributed by atoms with Gasteiger partial charge < -0.3 is 15.5 Å². The fraction of sp³-hybridized carbons (Fsp3) is 0.261. The molecule has 2 heterocycles. The third-order valence-corrected chi connectivity index (χ3v) is 5.05. The van der Waals surface area contributed by atoms with E-state index in [1.165, 1.54) is 24.1 Å². The normalized spacial score (nSPS) is 13.3. The zero-order valence-electron chi connectivity index (χ0n) is 16.3. The van der Waals surface area contributed by atoms with Crippen LogP contribution in [0.25, 0.3) is 0 Å². The van der Waals surface area contributed by atoms with E-state index in [1.54, 1.807) is 12.4 Å². The van der Waals surface area contributed by atoms with Crippen molar-refractivity contribution in [2.75, 3.05) is 29.9 Å². The average Bonchev–Trinajstić information content (AvgIpc) is 3.30. The predicted molar refractivity (Wildman–Crippen MR) is 116 cm³/mol. The lowest BCUT2D eigenvalue weighted by Crippen LogP contribution is -2.26. The number of hydrogen-bond acceptors (Lipinski definition) is 5. The van der Waals surface area contributed by atoms with Gasteiger partial charge >= 0.3 is 0 Å². The average molecular weight is 387 g/mol. The van der Waals surface area contributed by atoms with Gasteiger partial charge in [-0.15, -0.1) is 0 Å². The molecule has 29 heavy (non-hydrogen) atoms. The number of anilines is 3. The minimum absolute atomic E-state index is 0.164. The van der Waals surface area contributed by atoms with Crippen molar-refractivity contribution in [2.24, 2.45) is 0 Å². The van der Waals surface area contributed by atoms with E-state index in [0.717, 1.165) is 25.2 Å². The number of nitrogens with zero attached hydrogens (tertiary/aromatic N) is 3. The zero-order valence-corrected chi connectivity index (χ0v) is 16.3. The Bertz CT molecular complexity index is 920. The number of amides is 1. The van der Waals surface area contributed by atoms with E-state index in [2.05, 4.69) is 37.6 Å². The molecule has 0 saturated carbocycles. The highest BCUT2D eigenvalue weighted by Gasteiger charge is 2.12. The van der Waals surface area contributed by atoms with E-state index >= 15 is 0 Å². The molecule has 4 rings (SSSR count). The Kier molecular flexibility index (Phi) is 6.00. The molecule has 0 unspecified atom stereocenters. The molecule has 2 N–H and O–H groups in total. The second-order valence-electron chi connectivity index (χ2n) is 7.15. The van der Waals surface area contributed by atoms with Crippen molar-refractivity contribution in [3.63, 3.8) is 0 Å². The summed E-state index contributed by atoms with van der Waals surface area (Å²) < 4.78 is 0. The highest BCUT2D eigenvalue weighted by Crippen LogP contribution is 2.23. The van der Waals surface area contributed by atoms with E-state index in [4.69, 9.17) is 0 Å². The summed E-state index contributed by atoms with van der Waals surface area (Å²) in [5.74, 6) is 0.308. The van der Waals surface area contributed by atoms with Crippen LogP contribution in [0.1, 0.15) is 28.8 Å². The first-order valence-electron chi connectivity index (χ1n) is 10.0. The van der Waals surface area contributed by atoms with E-state index in [0.29, 0.717) is 18.1 Å². The molecule has 0 atom stereocenters. The third-order valence-electron chi connectivity index (χ3n) is 5.05. The first kappa shape index (κ1) is 18.9. The topological polar surface area (TPSA) is 70.2 Å². The fourth-order valence-electron chi connectivity index (χ4n) is 3.44. The number of hydrogen-bond donors (Lipinski definition) is 2. The summed E-state index contributed by atoms with van der Waals surface area (Å²) in [7, 11) is 0. The smallest absolute Gasteiger partial charge is 0.254 e. The lowest BCUT2D eigenvalue weighted by atomic mass is 10.1. The maximum atomic E-state index is 12.3. The third kappa shape index (κ3) is 5.10. The lowest BCUT2D eigenvalue weighted by Gasteiger charge is -2.17. The molecule has 1 aromatic heterocycles. The van der Waals surface area contributed by atoms with Crippen LogP contribution in [0.5, 0.6) is 0 Å². The van der Waals surface area contributed by atoms with Crippen molar-refractivity contribution in [1.82, 2.24) is 15.3 Å². The summed E-state index contributed by atoms with van der Waals surface area (Å²) in [6.07, 6.45) is 6.41. The summed E-state index contributed by atoms with van der Waals surface area (Å²) in [5, 5.41) is 6.09. The summed E-state index contributed by atoms with van der Waals surface area (Å²) in [6.45, 7) is 2.84. The van der Waals surface area contributed by atoms with Gasteiger partial charge in [0.1, 0.15) is 0 Å². The van der Waals surface area contributed by atoms with Crippen LogP contribution in [0, 0.1) is 0 Å². The molecule has 1 aliphatic rings. The van der Waals surface area contributed by atoms with E-state index < -0.39 is 0 Å². The van der Waals surface area contributed by atoms with Gasteiger partial charge in [0.15, 0.2) is 0 Å². The molecule has 0 radical (unpaired) electrons. The Morgan fingerprint density at radius 1 is 0.931 bits per heavy atom. The monoisotopic (exact) mass is 387 g/mol. The predicted octanol–water partition coefficient (Wildman–Crippen LogP) is 3.79. The minimum Gasteiger partial charge on any atom is -0.372 e. The van der Waals surface area contributed by atoms with Gasteiger partial charge in [-0.05, 0) is 49.1 Å². The highest BCUT2D eigenvalue weighted by atomic mass is 16.1. The van der Waals surface area contributed by atoms with Crippen molar-refractivity contribution in [3.05, 3.63) is 78.1 Å². The molecule has 6 nitrogen and oxygen atoms in total. The second-order valence-corrected chi connectivity index (χ2v) is 7.15. The van der Waals surface area contributed by atoms with Crippen molar-refractivity contribution in [1.29, 1.82) is 0 Å². The van der Waals surface area contributed by atoms with Gasteiger partial charge in [0.2, 0.25) is 5.95 Å². The van der Waals surface area contributed by atoms with Crippen LogP contribution in [0.4, 0.5) is 17.3 Å². The summed E-state index contributed by atoms with van der Waals surface area (Å²) in [6, 6.07) is 18.4. The quantitative estimate of drug-likeness (QED) is 0.645. The van der Waals surface area contributed by atoms with Crippen LogP contribution >= 0.6 is 0 Å². The Labute approximate surface area is 171 Å². The maximum Gasteiger partial charge on any atom is 0.254 e. The van der Waals surface area contributed by atoms with Gasteiger partial charge in [0, 0.05) is 43.4 Å². The van der Waals surface area contributed by atoms with Gasteiger partial charge in [-0.2, -0.15) is 0 Å². The van der Waals surface area contributed by atoms with Crippen LogP contribution < -0.4 is 15.5 Å². The minimum atomic E-state index is -0.164. The molecule has 148 valence electrons. The number of carbonyl (C=O) groups excluding carboxylic acids is 1.